The van der Waals surface area contributed by atoms with E-state index < -0.39 is 11.7 Å². The summed E-state index contributed by atoms with van der Waals surface area (Å²) >= 11 is 0. The average molecular weight is 1070 g/mol. The quantitative estimate of drug-likeness (QED) is 0.142. The normalized spacial score (nSPS) is 11.3. The van der Waals surface area contributed by atoms with Crippen molar-refractivity contribution in [3.63, 3.8) is 0 Å². The van der Waals surface area contributed by atoms with Crippen molar-refractivity contribution in [3.8, 4) is 96.3 Å². The summed E-state index contributed by atoms with van der Waals surface area (Å²) in [6.07, 6.45) is -4.55. The van der Waals surface area contributed by atoms with Crippen LogP contribution in [0.15, 0.2) is 224 Å². The number of halogens is 3. The van der Waals surface area contributed by atoms with Crippen LogP contribution in [0.1, 0.15) is 27.8 Å². The highest BCUT2D eigenvalue weighted by molar-refractivity contribution is 6.14. The molecule has 0 radical (unpaired) electrons. The maximum absolute atomic E-state index is 14.2. The van der Waals surface area contributed by atoms with Crippen LogP contribution in [0.3, 0.4) is 0 Å². The monoisotopic (exact) mass is 1070 g/mol. The van der Waals surface area contributed by atoms with Gasteiger partial charge in [0, 0.05) is 32.7 Å². The van der Waals surface area contributed by atoms with E-state index in [1.165, 1.54) is 12.1 Å². The third-order valence-electron chi connectivity index (χ3n) is 15.7. The Bertz CT molecular complexity index is 4890. The molecule has 0 unspecified atom stereocenters. The minimum absolute atomic E-state index is 0.397. The molecule has 0 saturated carbocycles. The SMILES string of the molecule is [C-]#[N+]c1ccccc1-c1ccc2c(c1)c1cc(-c3ccccc3C#N)ccc1n2-c1cc(C#N)ccc1-c1ccc(-c2ccc(C(F)(F)F)cc2C)cc1-n1c2ccc(-c3ccccc3C#N)cc2c2cc(-c3ccccc3[N+]#[C-])ccc21. The van der Waals surface area contributed by atoms with Crippen LogP contribution < -0.4 is 0 Å². The number of nitrogens with zero attached hydrogens (tertiary/aromatic N) is 7. The second-order valence-electron chi connectivity index (χ2n) is 20.3. The first-order valence-electron chi connectivity index (χ1n) is 26.4. The van der Waals surface area contributed by atoms with Gasteiger partial charge in [0.05, 0.1) is 87.0 Å². The van der Waals surface area contributed by atoms with E-state index >= 15 is 0 Å². The second kappa shape index (κ2) is 20.2. The lowest BCUT2D eigenvalue weighted by Gasteiger charge is -2.21. The van der Waals surface area contributed by atoms with Crippen LogP contribution in [0.5, 0.6) is 0 Å². The summed E-state index contributed by atoms with van der Waals surface area (Å²) in [6.45, 7) is 17.8. The van der Waals surface area contributed by atoms with E-state index in [1.807, 2.05) is 152 Å². The minimum Gasteiger partial charge on any atom is -0.309 e. The molecule has 388 valence electrons. The first-order valence-corrected chi connectivity index (χ1v) is 26.4. The van der Waals surface area contributed by atoms with Gasteiger partial charge in [-0.05, 0) is 159 Å². The Morgan fingerprint density at radius 3 is 1.17 bits per heavy atom. The number of hydrogen-bond acceptors (Lipinski definition) is 3. The molecule has 11 aromatic carbocycles. The molecule has 0 N–H and O–H groups in total. The maximum Gasteiger partial charge on any atom is 0.416 e. The molecule has 0 fully saturated rings. The molecule has 0 spiro atoms. The van der Waals surface area contributed by atoms with Crippen molar-refractivity contribution in [1.82, 2.24) is 9.13 Å². The summed E-state index contributed by atoms with van der Waals surface area (Å²) in [4.78, 5) is 7.72. The Morgan fingerprint density at radius 1 is 0.373 bits per heavy atom. The van der Waals surface area contributed by atoms with Gasteiger partial charge in [0.1, 0.15) is 0 Å². The van der Waals surface area contributed by atoms with Crippen molar-refractivity contribution in [2.75, 3.05) is 0 Å². The van der Waals surface area contributed by atoms with Gasteiger partial charge in [0.2, 0.25) is 0 Å². The fourth-order valence-corrected chi connectivity index (χ4v) is 11.8. The molecule has 0 aliphatic carbocycles. The van der Waals surface area contributed by atoms with E-state index in [2.05, 4.69) is 61.3 Å². The molecule has 0 aliphatic heterocycles. The van der Waals surface area contributed by atoms with Gasteiger partial charge in [0.15, 0.2) is 11.4 Å². The fourth-order valence-electron chi connectivity index (χ4n) is 11.8. The van der Waals surface area contributed by atoms with E-state index in [1.54, 1.807) is 37.3 Å². The fraction of sp³-hybridized carbons (Fsp3) is 0.0274. The van der Waals surface area contributed by atoms with Crippen LogP contribution in [0, 0.1) is 54.1 Å². The number of para-hydroxylation sites is 2. The predicted octanol–water partition coefficient (Wildman–Crippen LogP) is 19.9. The first kappa shape index (κ1) is 50.7. The molecule has 0 amide bonds. The zero-order valence-corrected chi connectivity index (χ0v) is 44.1. The number of benzene rings is 11. The lowest BCUT2D eigenvalue weighted by Crippen LogP contribution is -2.05. The molecule has 2 heterocycles. The highest BCUT2D eigenvalue weighted by Crippen LogP contribution is 2.47. The van der Waals surface area contributed by atoms with Gasteiger partial charge in [-0.2, -0.15) is 29.0 Å². The molecule has 13 aromatic rings. The zero-order chi connectivity index (χ0) is 57.1. The van der Waals surface area contributed by atoms with Gasteiger partial charge in [-0.15, -0.1) is 0 Å². The van der Waals surface area contributed by atoms with Crippen LogP contribution in [-0.2, 0) is 6.18 Å². The summed E-state index contributed by atoms with van der Waals surface area (Å²) in [5, 5.41) is 34.7. The Balaban J connectivity index is 1.13. The van der Waals surface area contributed by atoms with Gasteiger partial charge in [-0.3, -0.25) is 0 Å². The number of alkyl halides is 3. The van der Waals surface area contributed by atoms with Crippen molar-refractivity contribution in [1.29, 1.82) is 15.8 Å². The number of aryl methyl sites for hydroxylation is 1. The van der Waals surface area contributed by atoms with Crippen molar-refractivity contribution >= 4 is 55.0 Å². The topological polar surface area (TPSA) is 90.0 Å². The summed E-state index contributed by atoms with van der Waals surface area (Å²) in [5.74, 6) is 0. The van der Waals surface area contributed by atoms with Crippen molar-refractivity contribution in [3.05, 3.63) is 275 Å². The molecule has 83 heavy (non-hydrogen) atoms. The van der Waals surface area contributed by atoms with Gasteiger partial charge in [0.25, 0.3) is 0 Å². The molecular weight excluding hydrogens is 1030 g/mol. The van der Waals surface area contributed by atoms with Crippen molar-refractivity contribution in [2.45, 2.75) is 13.1 Å². The van der Waals surface area contributed by atoms with E-state index in [9.17, 15) is 29.0 Å². The average Bonchev–Trinajstić information content (AvgIpc) is 3.19. The highest BCUT2D eigenvalue weighted by atomic mass is 19.4. The molecule has 7 nitrogen and oxygen atoms in total. The molecule has 0 bridgehead atoms. The second-order valence-corrected chi connectivity index (χ2v) is 20.3. The number of rotatable bonds is 8. The van der Waals surface area contributed by atoms with Crippen LogP contribution in [0.4, 0.5) is 24.5 Å². The number of hydrogen-bond donors (Lipinski definition) is 0. The van der Waals surface area contributed by atoms with Gasteiger partial charge in [-0.25, -0.2) is 9.69 Å². The lowest BCUT2D eigenvalue weighted by molar-refractivity contribution is -0.137. The molecule has 0 saturated heterocycles. The Kier molecular flexibility index (Phi) is 12.3. The number of nitriles is 3. The summed E-state index contributed by atoms with van der Waals surface area (Å²) < 4.78 is 47.0. The molecule has 13 rings (SSSR count). The standard InChI is InChI=1S/C73H40F3N7/c1-44-34-53(73(74,75)76)26-29-54(44)50-21-28-60(72(40-50)83-69-31-23-47(56-15-7-5-13-52(56)43-79)37-62(69)64-39-49(25-33-70(64)83)58-17-9-11-19-66(58)81-3)59-27-20-45(41-77)35-71(59)82-67-30-22-46(55-14-6-4-12-51(55)42-78)36-61(67)63-38-48(24-32-68(63)82)57-16-8-10-18-65(57)80-2/h4-40H,1H3. The van der Waals surface area contributed by atoms with E-state index in [0.29, 0.717) is 56.1 Å². The number of aromatic nitrogens is 2. The Hall–Kier alpha value is -11.7. The van der Waals surface area contributed by atoms with Gasteiger partial charge < -0.3 is 9.13 Å². The van der Waals surface area contributed by atoms with Crippen molar-refractivity contribution < 1.29 is 13.2 Å². The summed E-state index contributed by atoms with van der Waals surface area (Å²) in [5.41, 5.74) is 15.7. The van der Waals surface area contributed by atoms with Crippen LogP contribution >= 0.6 is 0 Å². The van der Waals surface area contributed by atoms with Crippen molar-refractivity contribution in [2.24, 2.45) is 0 Å². The predicted molar refractivity (Wildman–Crippen MR) is 324 cm³/mol. The molecule has 0 atom stereocenters. The highest BCUT2D eigenvalue weighted by Gasteiger charge is 2.31. The lowest BCUT2D eigenvalue weighted by atomic mass is 9.93. The number of fused-ring (bicyclic) bond motifs is 6. The minimum atomic E-state index is -4.55. The Morgan fingerprint density at radius 2 is 0.747 bits per heavy atom. The smallest absolute Gasteiger partial charge is 0.309 e. The van der Waals surface area contributed by atoms with Crippen LogP contribution in [-0.4, -0.2) is 9.13 Å². The zero-order valence-electron chi connectivity index (χ0n) is 44.1. The Labute approximate surface area is 475 Å². The maximum atomic E-state index is 14.2. The molecule has 0 aliphatic rings. The van der Waals surface area contributed by atoms with E-state index in [0.717, 1.165) is 105 Å². The van der Waals surface area contributed by atoms with E-state index in [4.69, 9.17) is 13.1 Å². The third-order valence-corrected chi connectivity index (χ3v) is 15.7. The van der Waals surface area contributed by atoms with Crippen LogP contribution in [0.25, 0.3) is 131 Å². The largest absolute Gasteiger partial charge is 0.416 e. The summed E-state index contributed by atoms with van der Waals surface area (Å²) in [6, 6.07) is 76.7. The molecule has 2 aromatic heterocycles. The first-order chi connectivity index (χ1) is 40.5. The summed E-state index contributed by atoms with van der Waals surface area (Å²) in [7, 11) is 0. The molecule has 10 heteroatoms. The van der Waals surface area contributed by atoms with Crippen LogP contribution in [0.2, 0.25) is 0 Å². The van der Waals surface area contributed by atoms with Gasteiger partial charge >= 0.3 is 6.18 Å². The van der Waals surface area contributed by atoms with E-state index in [-0.39, 0.29) is 0 Å². The van der Waals surface area contributed by atoms with Gasteiger partial charge in [-0.1, -0.05) is 133 Å². The molecular formula is C73H40F3N7. The third kappa shape index (κ3) is 8.59.